The van der Waals surface area contributed by atoms with Crippen molar-refractivity contribution in [3.8, 4) is 11.4 Å². The van der Waals surface area contributed by atoms with Gasteiger partial charge in [-0.15, -0.1) is 0 Å². The van der Waals surface area contributed by atoms with Gasteiger partial charge >= 0.3 is 0 Å². The summed E-state index contributed by atoms with van der Waals surface area (Å²) in [6, 6.07) is 11.6. The Balaban J connectivity index is 0.000000249. The van der Waals surface area contributed by atoms with Crippen LogP contribution in [0.25, 0.3) is 11.4 Å². The SMILES string of the molecule is NC(=O)CS.c1ccc(-c2ccccn2)nc1. The Hall–Kier alpha value is -1.88. The van der Waals surface area contributed by atoms with E-state index in [4.69, 9.17) is 0 Å². The highest BCUT2D eigenvalue weighted by Crippen LogP contribution is 2.10. The van der Waals surface area contributed by atoms with Crippen LogP contribution in [0.4, 0.5) is 0 Å². The first kappa shape index (κ1) is 13.2. The predicted molar refractivity (Wildman–Crippen MR) is 70.5 cm³/mol. The van der Waals surface area contributed by atoms with Gasteiger partial charge in [-0.25, -0.2) is 0 Å². The summed E-state index contributed by atoms with van der Waals surface area (Å²) in [4.78, 5) is 17.9. The standard InChI is InChI=1S/C10H8N2.C2H5NOS/c1-3-7-11-9(5-1)10-6-2-4-8-12-10;3-2(4)1-5/h1-8H;5H,1H2,(H2,3,4). The lowest BCUT2D eigenvalue weighted by Gasteiger charge is -1.96. The molecule has 2 aromatic heterocycles. The summed E-state index contributed by atoms with van der Waals surface area (Å²) in [5, 5.41) is 0. The smallest absolute Gasteiger partial charge is 0.227 e. The lowest BCUT2D eigenvalue weighted by atomic mass is 10.2. The second-order valence-electron chi connectivity index (χ2n) is 3.05. The van der Waals surface area contributed by atoms with Crippen molar-refractivity contribution in [3.05, 3.63) is 48.8 Å². The Kier molecular flexibility index (Phi) is 5.74. The zero-order chi connectivity index (χ0) is 12.5. The number of nitrogens with two attached hydrogens (primary N) is 1. The van der Waals surface area contributed by atoms with Crippen molar-refractivity contribution in [2.45, 2.75) is 0 Å². The summed E-state index contributed by atoms with van der Waals surface area (Å²) < 4.78 is 0. The summed E-state index contributed by atoms with van der Waals surface area (Å²) >= 11 is 3.54. The van der Waals surface area contributed by atoms with Gasteiger partial charge in [0.25, 0.3) is 0 Å². The molecule has 2 N–H and O–H groups in total. The number of nitrogens with zero attached hydrogens (tertiary/aromatic N) is 2. The highest BCUT2D eigenvalue weighted by molar-refractivity contribution is 7.81. The van der Waals surface area contributed by atoms with Crippen molar-refractivity contribution in [2.24, 2.45) is 5.73 Å². The average Bonchev–Trinajstić information content (AvgIpc) is 2.41. The third-order valence-corrected chi connectivity index (χ3v) is 2.06. The molecule has 0 saturated carbocycles. The summed E-state index contributed by atoms with van der Waals surface area (Å²) in [5.41, 5.74) is 6.41. The molecule has 0 unspecified atom stereocenters. The fraction of sp³-hybridized carbons (Fsp3) is 0.0833. The van der Waals surface area contributed by atoms with E-state index in [2.05, 4.69) is 28.3 Å². The highest BCUT2D eigenvalue weighted by atomic mass is 32.1. The molecule has 2 aromatic rings. The maximum absolute atomic E-state index is 9.51. The number of carbonyl (C=O) groups is 1. The molecule has 5 heteroatoms. The second kappa shape index (κ2) is 7.40. The molecular formula is C12H13N3OS. The van der Waals surface area contributed by atoms with Crippen LogP contribution in [-0.4, -0.2) is 21.6 Å². The molecule has 88 valence electrons. The number of thiol groups is 1. The fourth-order valence-electron chi connectivity index (χ4n) is 1.03. The predicted octanol–water partition coefficient (Wildman–Crippen LogP) is 1.55. The molecule has 4 nitrogen and oxygen atoms in total. The molecule has 0 aliphatic heterocycles. The van der Waals surface area contributed by atoms with E-state index in [1.165, 1.54) is 0 Å². The van der Waals surface area contributed by atoms with Gasteiger partial charge in [0.05, 0.1) is 17.1 Å². The van der Waals surface area contributed by atoms with Gasteiger partial charge in [-0.05, 0) is 24.3 Å². The van der Waals surface area contributed by atoms with Crippen LogP contribution in [0, 0.1) is 0 Å². The molecule has 17 heavy (non-hydrogen) atoms. The monoisotopic (exact) mass is 247 g/mol. The van der Waals surface area contributed by atoms with Crippen LogP contribution in [0.2, 0.25) is 0 Å². The first-order valence-corrected chi connectivity index (χ1v) is 5.59. The number of amides is 1. The molecule has 0 saturated heterocycles. The van der Waals surface area contributed by atoms with Gasteiger partial charge in [0.15, 0.2) is 0 Å². The third-order valence-electron chi connectivity index (χ3n) is 1.75. The van der Waals surface area contributed by atoms with Crippen LogP contribution in [0.3, 0.4) is 0 Å². The van der Waals surface area contributed by atoms with Gasteiger partial charge in [0.2, 0.25) is 5.91 Å². The van der Waals surface area contributed by atoms with E-state index in [0.29, 0.717) is 0 Å². The highest BCUT2D eigenvalue weighted by Gasteiger charge is 1.95. The molecule has 0 fully saturated rings. The minimum atomic E-state index is -0.381. The van der Waals surface area contributed by atoms with Crippen LogP contribution in [0.15, 0.2) is 48.8 Å². The first-order valence-electron chi connectivity index (χ1n) is 4.95. The van der Waals surface area contributed by atoms with E-state index >= 15 is 0 Å². The largest absolute Gasteiger partial charge is 0.369 e. The second-order valence-corrected chi connectivity index (χ2v) is 3.37. The normalized spacial score (nSPS) is 9.00. The zero-order valence-electron chi connectivity index (χ0n) is 9.15. The number of pyridine rings is 2. The Morgan fingerprint density at radius 2 is 1.47 bits per heavy atom. The maximum Gasteiger partial charge on any atom is 0.227 e. The van der Waals surface area contributed by atoms with Crippen molar-refractivity contribution >= 4 is 18.5 Å². The molecule has 0 radical (unpaired) electrons. The minimum Gasteiger partial charge on any atom is -0.369 e. The van der Waals surface area contributed by atoms with Crippen molar-refractivity contribution in [1.82, 2.24) is 9.97 Å². The Labute approximate surface area is 105 Å². The first-order chi connectivity index (χ1) is 8.24. The Morgan fingerprint density at radius 3 is 1.71 bits per heavy atom. The maximum atomic E-state index is 9.51. The summed E-state index contributed by atoms with van der Waals surface area (Å²) in [6.07, 6.45) is 3.54. The van der Waals surface area contributed by atoms with E-state index in [-0.39, 0.29) is 11.7 Å². The van der Waals surface area contributed by atoms with Gasteiger partial charge in [-0.2, -0.15) is 12.6 Å². The molecule has 1 amide bonds. The third kappa shape index (κ3) is 5.12. The number of rotatable bonds is 2. The molecule has 0 atom stereocenters. The van der Waals surface area contributed by atoms with E-state index in [1.54, 1.807) is 12.4 Å². The van der Waals surface area contributed by atoms with Gasteiger partial charge in [-0.3, -0.25) is 14.8 Å². The van der Waals surface area contributed by atoms with Crippen molar-refractivity contribution in [2.75, 3.05) is 5.75 Å². The molecule has 2 rings (SSSR count). The zero-order valence-corrected chi connectivity index (χ0v) is 10.0. The van der Waals surface area contributed by atoms with E-state index in [1.807, 2.05) is 36.4 Å². The fourth-order valence-corrected chi connectivity index (χ4v) is 1.03. The van der Waals surface area contributed by atoms with Crippen LogP contribution >= 0.6 is 12.6 Å². The topological polar surface area (TPSA) is 68.9 Å². The van der Waals surface area contributed by atoms with E-state index < -0.39 is 0 Å². The molecule has 2 heterocycles. The summed E-state index contributed by atoms with van der Waals surface area (Å²) in [6.45, 7) is 0. The number of hydrogen-bond donors (Lipinski definition) is 2. The summed E-state index contributed by atoms with van der Waals surface area (Å²) in [5.74, 6) is -0.242. The van der Waals surface area contributed by atoms with E-state index in [0.717, 1.165) is 11.4 Å². The molecule has 0 aliphatic rings. The lowest BCUT2D eigenvalue weighted by Crippen LogP contribution is -2.10. The lowest BCUT2D eigenvalue weighted by molar-refractivity contribution is -0.115. The summed E-state index contributed by atoms with van der Waals surface area (Å²) in [7, 11) is 0. The van der Waals surface area contributed by atoms with Gasteiger partial charge < -0.3 is 5.73 Å². The van der Waals surface area contributed by atoms with E-state index in [9.17, 15) is 4.79 Å². The Bertz CT molecular complexity index is 410. The van der Waals surface area contributed by atoms with Crippen molar-refractivity contribution in [1.29, 1.82) is 0 Å². The van der Waals surface area contributed by atoms with Crippen molar-refractivity contribution in [3.63, 3.8) is 0 Å². The number of aromatic nitrogens is 2. The average molecular weight is 247 g/mol. The van der Waals surface area contributed by atoms with Crippen LogP contribution in [0.1, 0.15) is 0 Å². The van der Waals surface area contributed by atoms with Crippen molar-refractivity contribution < 1.29 is 4.79 Å². The quantitative estimate of drug-likeness (QED) is 0.791. The Morgan fingerprint density at radius 1 is 1.06 bits per heavy atom. The number of primary amides is 1. The molecule has 0 aromatic carbocycles. The van der Waals surface area contributed by atoms with Gasteiger partial charge in [-0.1, -0.05) is 12.1 Å². The van der Waals surface area contributed by atoms with Gasteiger partial charge in [0, 0.05) is 12.4 Å². The molecule has 0 spiro atoms. The number of carbonyl (C=O) groups excluding carboxylic acids is 1. The van der Waals surface area contributed by atoms with Crippen LogP contribution in [-0.2, 0) is 4.79 Å². The van der Waals surface area contributed by atoms with Gasteiger partial charge in [0.1, 0.15) is 0 Å². The molecule has 0 bridgehead atoms. The molecule has 0 aliphatic carbocycles. The molecular weight excluding hydrogens is 234 g/mol. The minimum absolute atomic E-state index is 0.139. The van der Waals surface area contributed by atoms with Crippen LogP contribution in [0.5, 0.6) is 0 Å². The van der Waals surface area contributed by atoms with Crippen LogP contribution < -0.4 is 5.73 Å². The number of hydrogen-bond acceptors (Lipinski definition) is 4.